The molecule has 1 aliphatic rings. The number of nitrogens with one attached hydrogen (secondary N) is 1. The van der Waals surface area contributed by atoms with Crippen LogP contribution in [0.3, 0.4) is 0 Å². The summed E-state index contributed by atoms with van der Waals surface area (Å²) in [7, 11) is 1.59. The highest BCUT2D eigenvalue weighted by molar-refractivity contribution is 5.33. The molecule has 18 heavy (non-hydrogen) atoms. The lowest BCUT2D eigenvalue weighted by Gasteiger charge is -2.26. The average Bonchev–Trinajstić information content (AvgIpc) is 2.38. The van der Waals surface area contributed by atoms with Gasteiger partial charge in [-0.15, -0.1) is 0 Å². The Hall–Kier alpha value is -1.13. The summed E-state index contributed by atoms with van der Waals surface area (Å²) in [6.45, 7) is 0.599. The fraction of sp³-hybridized carbons (Fsp3) is 0.571. The van der Waals surface area contributed by atoms with Crippen molar-refractivity contribution in [3.05, 3.63) is 29.6 Å². The monoisotopic (exact) mass is 253 g/mol. The van der Waals surface area contributed by atoms with Crippen molar-refractivity contribution in [2.45, 2.75) is 44.4 Å². The van der Waals surface area contributed by atoms with Crippen molar-refractivity contribution >= 4 is 0 Å². The highest BCUT2D eigenvalue weighted by Gasteiger charge is 2.19. The van der Waals surface area contributed by atoms with Crippen molar-refractivity contribution < 1.29 is 14.2 Å². The zero-order valence-corrected chi connectivity index (χ0v) is 10.7. The highest BCUT2D eigenvalue weighted by Crippen LogP contribution is 2.22. The molecule has 1 saturated carbocycles. The van der Waals surface area contributed by atoms with Crippen LogP contribution in [-0.2, 0) is 6.54 Å². The Labute approximate surface area is 107 Å². The van der Waals surface area contributed by atoms with E-state index >= 15 is 0 Å². The van der Waals surface area contributed by atoms with Crippen molar-refractivity contribution in [1.29, 1.82) is 0 Å². The van der Waals surface area contributed by atoms with E-state index in [1.54, 1.807) is 13.2 Å². The molecular formula is C14H20FNO2. The number of ether oxygens (including phenoxy) is 1. The van der Waals surface area contributed by atoms with Crippen LogP contribution in [0.15, 0.2) is 18.2 Å². The van der Waals surface area contributed by atoms with Gasteiger partial charge in [0.1, 0.15) is 11.6 Å². The molecule has 0 bridgehead atoms. The van der Waals surface area contributed by atoms with Crippen molar-refractivity contribution in [2.75, 3.05) is 7.11 Å². The smallest absolute Gasteiger partial charge is 0.123 e. The van der Waals surface area contributed by atoms with Gasteiger partial charge < -0.3 is 15.2 Å². The quantitative estimate of drug-likeness (QED) is 0.864. The van der Waals surface area contributed by atoms with Gasteiger partial charge in [0, 0.05) is 18.2 Å². The number of aliphatic hydroxyl groups is 1. The van der Waals surface area contributed by atoms with E-state index in [1.165, 1.54) is 12.1 Å². The molecule has 0 amide bonds. The molecule has 0 heterocycles. The predicted molar refractivity (Wildman–Crippen MR) is 68.1 cm³/mol. The molecule has 0 aliphatic heterocycles. The topological polar surface area (TPSA) is 41.5 Å². The van der Waals surface area contributed by atoms with Gasteiger partial charge >= 0.3 is 0 Å². The fourth-order valence-corrected chi connectivity index (χ4v) is 2.42. The first-order valence-electron chi connectivity index (χ1n) is 6.43. The summed E-state index contributed by atoms with van der Waals surface area (Å²) in [5.74, 6) is 0.464. The summed E-state index contributed by atoms with van der Waals surface area (Å²) in [6.07, 6.45) is 3.49. The van der Waals surface area contributed by atoms with Crippen molar-refractivity contribution in [2.24, 2.45) is 0 Å². The number of halogens is 1. The maximum absolute atomic E-state index is 13.2. The van der Waals surface area contributed by atoms with Gasteiger partial charge in [-0.25, -0.2) is 4.39 Å². The summed E-state index contributed by atoms with van der Waals surface area (Å²) >= 11 is 0. The predicted octanol–water partition coefficient (Wildman–Crippen LogP) is 2.23. The van der Waals surface area contributed by atoms with Crippen LogP contribution < -0.4 is 10.1 Å². The Morgan fingerprint density at radius 2 is 2.06 bits per heavy atom. The van der Waals surface area contributed by atoms with E-state index in [1.807, 2.05) is 0 Å². The van der Waals surface area contributed by atoms with Gasteiger partial charge in [-0.1, -0.05) is 0 Å². The van der Waals surface area contributed by atoms with Crippen LogP contribution in [-0.4, -0.2) is 24.4 Å². The first-order valence-corrected chi connectivity index (χ1v) is 6.43. The molecule has 0 spiro atoms. The Morgan fingerprint density at radius 3 is 2.72 bits per heavy atom. The van der Waals surface area contributed by atoms with Gasteiger partial charge in [-0.05, 0) is 43.9 Å². The fourth-order valence-electron chi connectivity index (χ4n) is 2.42. The maximum atomic E-state index is 13.2. The summed E-state index contributed by atoms with van der Waals surface area (Å²) in [5, 5.41) is 12.8. The number of rotatable bonds is 4. The summed E-state index contributed by atoms with van der Waals surface area (Å²) in [5.41, 5.74) is 0.837. The van der Waals surface area contributed by atoms with Gasteiger partial charge in [0.05, 0.1) is 13.2 Å². The number of methoxy groups -OCH3 is 1. The molecule has 1 aliphatic carbocycles. The van der Waals surface area contributed by atoms with Crippen molar-refractivity contribution in [3.8, 4) is 5.75 Å². The Kier molecular flexibility index (Phi) is 4.55. The van der Waals surface area contributed by atoms with Gasteiger partial charge in [0.2, 0.25) is 0 Å². The van der Waals surface area contributed by atoms with Crippen LogP contribution in [0, 0.1) is 5.82 Å². The van der Waals surface area contributed by atoms with Crippen LogP contribution in [0.25, 0.3) is 0 Å². The second-order valence-corrected chi connectivity index (χ2v) is 4.84. The maximum Gasteiger partial charge on any atom is 0.123 e. The van der Waals surface area contributed by atoms with E-state index in [0.29, 0.717) is 18.3 Å². The molecule has 2 N–H and O–H groups in total. The van der Waals surface area contributed by atoms with Crippen LogP contribution in [0.2, 0.25) is 0 Å². The molecule has 0 radical (unpaired) electrons. The lowest BCUT2D eigenvalue weighted by Crippen LogP contribution is -2.34. The Morgan fingerprint density at radius 1 is 1.33 bits per heavy atom. The van der Waals surface area contributed by atoms with E-state index in [2.05, 4.69) is 5.32 Å². The normalized spacial score (nSPS) is 23.9. The van der Waals surface area contributed by atoms with Gasteiger partial charge in [-0.3, -0.25) is 0 Å². The summed E-state index contributed by atoms with van der Waals surface area (Å²) in [4.78, 5) is 0. The molecule has 1 aromatic carbocycles. The average molecular weight is 253 g/mol. The zero-order chi connectivity index (χ0) is 13.0. The molecule has 4 heteroatoms. The molecule has 100 valence electrons. The Balaban J connectivity index is 1.91. The number of hydrogen-bond acceptors (Lipinski definition) is 3. The van der Waals surface area contributed by atoms with Crippen molar-refractivity contribution in [1.82, 2.24) is 5.32 Å². The third kappa shape index (κ3) is 3.43. The molecule has 2 rings (SSSR count). The second kappa shape index (κ2) is 6.16. The molecule has 1 fully saturated rings. The minimum Gasteiger partial charge on any atom is -0.496 e. The third-order valence-electron chi connectivity index (χ3n) is 3.52. The lowest BCUT2D eigenvalue weighted by atomic mass is 9.93. The van der Waals surface area contributed by atoms with Crippen LogP contribution >= 0.6 is 0 Å². The molecular weight excluding hydrogens is 233 g/mol. The van der Waals surface area contributed by atoms with Crippen LogP contribution in [0.4, 0.5) is 4.39 Å². The standard InChI is InChI=1S/C14H20FNO2/c1-18-14-7-2-11(15)8-10(14)9-16-12-3-5-13(17)6-4-12/h2,7-8,12-13,16-17H,3-6,9H2,1H3. The van der Waals surface area contributed by atoms with E-state index in [-0.39, 0.29) is 11.9 Å². The van der Waals surface area contributed by atoms with E-state index in [9.17, 15) is 9.50 Å². The summed E-state index contributed by atoms with van der Waals surface area (Å²) in [6, 6.07) is 4.96. The largest absolute Gasteiger partial charge is 0.496 e. The van der Waals surface area contributed by atoms with Gasteiger partial charge in [-0.2, -0.15) is 0 Å². The molecule has 1 aromatic rings. The molecule has 0 atom stereocenters. The van der Waals surface area contributed by atoms with E-state index in [0.717, 1.165) is 31.2 Å². The van der Waals surface area contributed by atoms with Gasteiger partial charge in [0.25, 0.3) is 0 Å². The molecule has 3 nitrogen and oxygen atoms in total. The molecule has 0 aromatic heterocycles. The van der Waals surface area contributed by atoms with Crippen molar-refractivity contribution in [3.63, 3.8) is 0 Å². The summed E-state index contributed by atoms with van der Waals surface area (Å²) < 4.78 is 18.4. The highest BCUT2D eigenvalue weighted by atomic mass is 19.1. The number of benzene rings is 1. The van der Waals surface area contributed by atoms with E-state index < -0.39 is 0 Å². The minimum absolute atomic E-state index is 0.147. The minimum atomic E-state index is -0.244. The SMILES string of the molecule is COc1ccc(F)cc1CNC1CCC(O)CC1. The van der Waals surface area contributed by atoms with Crippen LogP contribution in [0.1, 0.15) is 31.2 Å². The lowest BCUT2D eigenvalue weighted by molar-refractivity contribution is 0.116. The van der Waals surface area contributed by atoms with E-state index in [4.69, 9.17) is 4.74 Å². The number of hydrogen-bond donors (Lipinski definition) is 2. The first kappa shape index (κ1) is 13.3. The zero-order valence-electron chi connectivity index (χ0n) is 10.7. The Bertz CT molecular complexity index is 389. The number of aliphatic hydroxyl groups excluding tert-OH is 1. The molecule has 0 saturated heterocycles. The third-order valence-corrected chi connectivity index (χ3v) is 3.52. The second-order valence-electron chi connectivity index (χ2n) is 4.84. The van der Waals surface area contributed by atoms with Crippen LogP contribution in [0.5, 0.6) is 5.75 Å². The van der Waals surface area contributed by atoms with Gasteiger partial charge in [0.15, 0.2) is 0 Å². The first-order chi connectivity index (χ1) is 8.69. The molecule has 0 unspecified atom stereocenters.